The average Bonchev–Trinajstić information content (AvgIpc) is 2.81. The molecule has 2 aromatic carbocycles. The number of amides is 2. The molecule has 35 heavy (non-hydrogen) atoms. The molecule has 0 heterocycles. The van der Waals surface area contributed by atoms with E-state index < -0.39 is 40.5 Å². The molecule has 0 fully saturated rings. The second kappa shape index (κ2) is 12.7. The zero-order valence-corrected chi connectivity index (χ0v) is 21.7. The van der Waals surface area contributed by atoms with Gasteiger partial charge in [-0.05, 0) is 36.2 Å². The third kappa shape index (κ3) is 7.51. The Morgan fingerprint density at radius 2 is 1.69 bits per heavy atom. The number of rotatable bonds is 11. The molecule has 190 valence electrons. The van der Waals surface area contributed by atoms with Crippen molar-refractivity contribution in [2.24, 2.45) is 5.92 Å². The number of sulfonamides is 1. The minimum Gasteiger partial charge on any atom is -0.454 e. The van der Waals surface area contributed by atoms with Gasteiger partial charge in [-0.2, -0.15) is 4.31 Å². The van der Waals surface area contributed by atoms with Gasteiger partial charge in [-0.15, -0.1) is 0 Å². The Kier molecular flexibility index (Phi) is 10.2. The largest absolute Gasteiger partial charge is 0.454 e. The number of carbonyl (C=O) groups is 3. The van der Waals surface area contributed by atoms with E-state index in [9.17, 15) is 22.8 Å². The Labute approximate surface area is 210 Å². The SMILES string of the molecule is CCN(CC)S(=O)(=O)c1cccc(NC(=O)COC(=O)C(NC(=O)c2ccccc2Cl)C(C)C)c1. The van der Waals surface area contributed by atoms with Crippen LogP contribution in [0.5, 0.6) is 0 Å². The Bertz CT molecular complexity index is 1170. The van der Waals surface area contributed by atoms with Gasteiger partial charge in [-0.3, -0.25) is 9.59 Å². The first-order chi connectivity index (χ1) is 16.5. The molecular formula is C24H30ClN3O6S. The van der Waals surface area contributed by atoms with E-state index in [0.29, 0.717) is 13.1 Å². The Morgan fingerprint density at radius 1 is 1.03 bits per heavy atom. The van der Waals surface area contributed by atoms with Crippen LogP contribution in [0.4, 0.5) is 5.69 Å². The smallest absolute Gasteiger partial charge is 0.329 e. The highest BCUT2D eigenvalue weighted by Gasteiger charge is 2.27. The number of esters is 1. The van der Waals surface area contributed by atoms with Gasteiger partial charge in [0.05, 0.1) is 15.5 Å². The van der Waals surface area contributed by atoms with Gasteiger partial charge < -0.3 is 15.4 Å². The predicted octanol–water partition coefficient (Wildman–Crippen LogP) is 3.31. The van der Waals surface area contributed by atoms with Crippen LogP contribution in [0.25, 0.3) is 0 Å². The molecule has 2 rings (SSSR count). The fraction of sp³-hybridized carbons (Fsp3) is 0.375. The van der Waals surface area contributed by atoms with Crippen molar-refractivity contribution in [1.29, 1.82) is 0 Å². The summed E-state index contributed by atoms with van der Waals surface area (Å²) >= 11 is 6.04. The fourth-order valence-electron chi connectivity index (χ4n) is 3.23. The number of benzene rings is 2. The van der Waals surface area contributed by atoms with Crippen molar-refractivity contribution in [2.45, 2.75) is 38.6 Å². The molecule has 0 aliphatic rings. The van der Waals surface area contributed by atoms with Crippen molar-refractivity contribution < 1.29 is 27.5 Å². The van der Waals surface area contributed by atoms with Crippen molar-refractivity contribution in [3.05, 3.63) is 59.1 Å². The van der Waals surface area contributed by atoms with E-state index in [1.807, 2.05) is 0 Å². The van der Waals surface area contributed by atoms with Crippen molar-refractivity contribution in [3.63, 3.8) is 0 Å². The van der Waals surface area contributed by atoms with Gasteiger partial charge in [-0.1, -0.05) is 57.5 Å². The monoisotopic (exact) mass is 523 g/mol. The molecule has 0 aliphatic carbocycles. The molecule has 0 saturated heterocycles. The van der Waals surface area contributed by atoms with Crippen LogP contribution in [0, 0.1) is 5.92 Å². The molecule has 2 aromatic rings. The Balaban J connectivity index is 2.02. The van der Waals surface area contributed by atoms with Crippen LogP contribution in [0.3, 0.4) is 0 Å². The first-order valence-corrected chi connectivity index (χ1v) is 12.9. The van der Waals surface area contributed by atoms with Crippen molar-refractivity contribution in [1.82, 2.24) is 9.62 Å². The molecule has 2 N–H and O–H groups in total. The number of hydrogen-bond acceptors (Lipinski definition) is 6. The highest BCUT2D eigenvalue weighted by atomic mass is 35.5. The maximum Gasteiger partial charge on any atom is 0.329 e. The van der Waals surface area contributed by atoms with Gasteiger partial charge in [0.15, 0.2) is 6.61 Å². The summed E-state index contributed by atoms with van der Waals surface area (Å²) in [7, 11) is -3.70. The first kappa shape index (κ1) is 28.3. The zero-order valence-electron chi connectivity index (χ0n) is 20.1. The zero-order chi connectivity index (χ0) is 26.2. The highest BCUT2D eigenvalue weighted by Crippen LogP contribution is 2.20. The summed E-state index contributed by atoms with van der Waals surface area (Å²) in [6.45, 7) is 6.94. The summed E-state index contributed by atoms with van der Waals surface area (Å²) in [5, 5.41) is 5.36. The normalized spacial score (nSPS) is 12.3. The van der Waals surface area contributed by atoms with Crippen molar-refractivity contribution >= 4 is 45.1 Å². The van der Waals surface area contributed by atoms with Gasteiger partial charge in [0.2, 0.25) is 10.0 Å². The minimum absolute atomic E-state index is 0.0400. The molecule has 0 spiro atoms. The van der Waals surface area contributed by atoms with E-state index in [0.717, 1.165) is 0 Å². The van der Waals surface area contributed by atoms with Crippen LogP contribution in [-0.4, -0.2) is 56.2 Å². The van der Waals surface area contributed by atoms with Crippen molar-refractivity contribution in [2.75, 3.05) is 25.0 Å². The molecule has 0 saturated carbocycles. The third-order valence-electron chi connectivity index (χ3n) is 5.13. The first-order valence-electron chi connectivity index (χ1n) is 11.1. The van der Waals surface area contributed by atoms with Crippen LogP contribution in [0.2, 0.25) is 5.02 Å². The number of hydrogen-bond donors (Lipinski definition) is 2. The summed E-state index contributed by atoms with van der Waals surface area (Å²) in [5.74, 6) is -2.30. The van der Waals surface area contributed by atoms with Crippen LogP contribution in [0.1, 0.15) is 38.1 Å². The van der Waals surface area contributed by atoms with Gasteiger partial charge in [0, 0.05) is 18.8 Å². The van der Waals surface area contributed by atoms with E-state index in [2.05, 4.69) is 10.6 Å². The van der Waals surface area contributed by atoms with E-state index in [-0.39, 0.29) is 27.1 Å². The van der Waals surface area contributed by atoms with Crippen LogP contribution in [0.15, 0.2) is 53.4 Å². The lowest BCUT2D eigenvalue weighted by Crippen LogP contribution is -2.46. The third-order valence-corrected chi connectivity index (χ3v) is 7.51. The van der Waals surface area contributed by atoms with Gasteiger partial charge in [0.25, 0.3) is 11.8 Å². The number of nitrogens with one attached hydrogen (secondary N) is 2. The standard InChI is InChI=1S/C24H30ClN3O6S/c1-5-28(6-2)35(32,33)18-11-9-10-17(14-18)26-21(29)15-34-24(31)22(16(3)4)27-23(30)19-12-7-8-13-20(19)25/h7-14,16,22H,5-6,15H2,1-4H3,(H,26,29)(H,27,30). The summed E-state index contributed by atoms with van der Waals surface area (Å²) in [6.07, 6.45) is 0. The Hall–Kier alpha value is -2.95. The Morgan fingerprint density at radius 3 is 2.29 bits per heavy atom. The molecule has 0 radical (unpaired) electrons. The van der Waals surface area contributed by atoms with E-state index in [4.69, 9.17) is 16.3 Å². The maximum absolute atomic E-state index is 12.7. The molecule has 2 amide bonds. The van der Waals surface area contributed by atoms with Gasteiger partial charge in [-0.25, -0.2) is 13.2 Å². The summed E-state index contributed by atoms with van der Waals surface area (Å²) < 4.78 is 31.8. The lowest BCUT2D eigenvalue weighted by atomic mass is 10.0. The van der Waals surface area contributed by atoms with Crippen molar-refractivity contribution in [3.8, 4) is 0 Å². The predicted molar refractivity (Wildman–Crippen MR) is 134 cm³/mol. The lowest BCUT2D eigenvalue weighted by Gasteiger charge is -2.21. The van der Waals surface area contributed by atoms with Gasteiger partial charge >= 0.3 is 5.97 Å². The van der Waals surface area contributed by atoms with E-state index >= 15 is 0 Å². The van der Waals surface area contributed by atoms with Gasteiger partial charge in [0.1, 0.15) is 6.04 Å². The number of anilines is 1. The molecule has 0 bridgehead atoms. The molecule has 1 unspecified atom stereocenters. The lowest BCUT2D eigenvalue weighted by molar-refractivity contribution is -0.150. The van der Waals surface area contributed by atoms with Crippen LogP contribution >= 0.6 is 11.6 Å². The quantitative estimate of drug-likeness (QED) is 0.436. The molecule has 9 nitrogen and oxygen atoms in total. The number of ether oxygens (including phenoxy) is 1. The number of carbonyl (C=O) groups excluding carboxylic acids is 3. The maximum atomic E-state index is 12.7. The summed E-state index contributed by atoms with van der Waals surface area (Å²) in [6, 6.07) is 11.2. The number of nitrogens with zero attached hydrogens (tertiary/aromatic N) is 1. The fourth-order valence-corrected chi connectivity index (χ4v) is 4.96. The molecular weight excluding hydrogens is 494 g/mol. The van der Waals surface area contributed by atoms with Crippen LogP contribution < -0.4 is 10.6 Å². The number of halogens is 1. The molecule has 0 aromatic heterocycles. The second-order valence-corrected chi connectivity index (χ2v) is 10.3. The average molecular weight is 524 g/mol. The van der Waals surface area contributed by atoms with Crippen LogP contribution in [-0.2, 0) is 24.3 Å². The summed E-state index contributed by atoms with van der Waals surface area (Å²) in [5.41, 5.74) is 0.455. The van der Waals surface area contributed by atoms with E-state index in [1.165, 1.54) is 34.6 Å². The second-order valence-electron chi connectivity index (χ2n) is 7.95. The molecule has 1 atom stereocenters. The highest BCUT2D eigenvalue weighted by molar-refractivity contribution is 7.89. The van der Waals surface area contributed by atoms with E-state index in [1.54, 1.807) is 45.9 Å². The minimum atomic E-state index is -3.70. The summed E-state index contributed by atoms with van der Waals surface area (Å²) in [4.78, 5) is 37.5. The molecule has 11 heteroatoms. The topological polar surface area (TPSA) is 122 Å². The molecule has 0 aliphatic heterocycles.